The molecule has 1 aromatic rings. The van der Waals surface area contributed by atoms with Gasteiger partial charge in [0.15, 0.2) is 0 Å². The van der Waals surface area contributed by atoms with Crippen molar-refractivity contribution in [2.24, 2.45) is 0 Å². The molecule has 6 heteroatoms. The maximum atomic E-state index is 2.12. The molecule has 5 nitrogen and oxygen atoms in total. The maximum Gasteiger partial charge on any atom is 0.130 e. The molecule has 0 unspecified atom stereocenters. The topological polar surface area (TPSA) is 118 Å². The molecule has 0 bridgehead atoms. The van der Waals surface area contributed by atoms with Gasteiger partial charge in [-0.1, -0.05) is 18.2 Å². The van der Waals surface area contributed by atoms with E-state index in [1.165, 1.54) is 10.6 Å². The molecule has 1 aromatic carbocycles. The summed E-state index contributed by atoms with van der Waals surface area (Å²) in [5.41, 5.74) is 1.33. The van der Waals surface area contributed by atoms with Crippen LogP contribution in [0, 0.1) is 0 Å². The number of para-hydroxylation sites is 1. The number of rotatable bonds is 1. The van der Waals surface area contributed by atoms with Crippen LogP contribution in [0.2, 0.25) is 0 Å². The van der Waals surface area contributed by atoms with Crippen LogP contribution >= 0.6 is 0 Å². The van der Waals surface area contributed by atoms with Crippen molar-refractivity contribution < 1.29 is 47.2 Å². The summed E-state index contributed by atoms with van der Waals surface area (Å²) < 4.78 is 0. The van der Waals surface area contributed by atoms with Gasteiger partial charge in [0.05, 0.1) is 14.1 Å². The zero-order chi connectivity index (χ0) is 6.69. The van der Waals surface area contributed by atoms with Crippen LogP contribution < -0.4 is 4.90 Å². The van der Waals surface area contributed by atoms with Crippen LogP contribution in [0.5, 0.6) is 0 Å². The van der Waals surface area contributed by atoms with Gasteiger partial charge in [0.25, 0.3) is 0 Å². The van der Waals surface area contributed by atoms with Crippen molar-refractivity contribution in [2.75, 3.05) is 14.1 Å². The van der Waals surface area contributed by atoms with Gasteiger partial charge in [-0.3, -0.25) is 0 Å². The Morgan fingerprint density at radius 3 is 1.36 bits per heavy atom. The molecule has 0 spiro atoms. The van der Waals surface area contributed by atoms with Gasteiger partial charge in [-0.25, -0.2) is 0 Å². The first-order valence-corrected chi connectivity index (χ1v) is 3.16. The second-order valence-corrected chi connectivity index (χ2v) is 2.37. The predicted molar refractivity (Wildman–Crippen MR) is 41.7 cm³/mol. The molecule has 1 radical (unpaired) electrons. The maximum absolute atomic E-state index is 2.12. The third-order valence-corrected chi connectivity index (χ3v) is 1.35. The van der Waals surface area contributed by atoms with E-state index in [2.05, 4.69) is 38.4 Å². The smallest absolute Gasteiger partial charge is 0.130 e. The van der Waals surface area contributed by atoms with E-state index in [-0.39, 0.29) is 42.3 Å². The molecule has 0 saturated heterocycles. The van der Waals surface area contributed by atoms with Crippen LogP contribution in [0.15, 0.2) is 30.3 Å². The predicted octanol–water partition coefficient (Wildman–Crippen LogP) is -0.0151. The van der Waals surface area contributed by atoms with E-state index in [4.69, 9.17) is 0 Å². The van der Waals surface area contributed by atoms with Crippen LogP contribution in [0.1, 0.15) is 0 Å². The van der Waals surface area contributed by atoms with Crippen molar-refractivity contribution in [3.05, 3.63) is 30.3 Å². The first kappa shape index (κ1) is 29.2. The van der Waals surface area contributed by atoms with E-state index in [9.17, 15) is 0 Å². The van der Waals surface area contributed by atoms with Crippen LogP contribution in [-0.4, -0.2) is 14.1 Å². The number of hydrogen-bond acceptors (Lipinski definition) is 0. The Labute approximate surface area is 97.6 Å². The quantitative estimate of drug-likeness (QED) is 0.713. The number of nitrogens with one attached hydrogen (secondary N) is 1. The third-order valence-electron chi connectivity index (χ3n) is 1.35. The molecule has 87 valence electrons. The van der Waals surface area contributed by atoms with Gasteiger partial charge in [0.1, 0.15) is 5.69 Å². The SMILES string of the molecule is C[NH+](C)c1ccccc1.[O-2].[O-2].[O-2].[O-2].[Re]. The molecule has 1 N–H and O–H groups in total. The van der Waals surface area contributed by atoms with Crippen LogP contribution in [0.25, 0.3) is 0 Å². The molecule has 0 atom stereocenters. The normalized spacial score (nSPS) is 6.50. The van der Waals surface area contributed by atoms with Gasteiger partial charge >= 0.3 is 0 Å². The molecule has 0 amide bonds. The summed E-state index contributed by atoms with van der Waals surface area (Å²) in [6.07, 6.45) is 0. The number of benzene rings is 1. The van der Waals surface area contributed by atoms with Crippen LogP contribution in [-0.2, 0) is 42.3 Å². The van der Waals surface area contributed by atoms with Gasteiger partial charge in [-0.05, 0) is 12.1 Å². The summed E-state index contributed by atoms with van der Waals surface area (Å²) in [4.78, 5) is 1.37. The van der Waals surface area contributed by atoms with E-state index in [1.54, 1.807) is 0 Å². The molecule has 0 aromatic heterocycles. The second-order valence-electron chi connectivity index (χ2n) is 2.37. The molecule has 0 heterocycles. The van der Waals surface area contributed by atoms with Crippen molar-refractivity contribution >= 4 is 5.69 Å². The Morgan fingerprint density at radius 1 is 0.786 bits per heavy atom. The largest absolute Gasteiger partial charge is 2.00 e. The fraction of sp³-hybridized carbons (Fsp3) is 0.250. The van der Waals surface area contributed by atoms with Gasteiger partial charge in [0.2, 0.25) is 0 Å². The van der Waals surface area contributed by atoms with Crippen molar-refractivity contribution in [1.82, 2.24) is 0 Å². The van der Waals surface area contributed by atoms with Gasteiger partial charge < -0.3 is 26.8 Å². The second kappa shape index (κ2) is 15.2. The zero-order valence-corrected chi connectivity index (χ0v) is 10.6. The van der Waals surface area contributed by atoms with E-state index >= 15 is 0 Å². The molecular formula is C8H12NO4Re-7. The first-order valence-electron chi connectivity index (χ1n) is 3.16. The zero-order valence-electron chi connectivity index (χ0n) is 7.90. The molecule has 0 saturated carbocycles. The third kappa shape index (κ3) is 9.77. The van der Waals surface area contributed by atoms with Crippen molar-refractivity contribution in [3.63, 3.8) is 0 Å². The molecular weight excluding hydrogens is 360 g/mol. The van der Waals surface area contributed by atoms with E-state index < -0.39 is 0 Å². The molecule has 1 rings (SSSR count). The molecule has 14 heavy (non-hydrogen) atoms. The minimum absolute atomic E-state index is 0. The van der Waals surface area contributed by atoms with E-state index in [1.807, 2.05) is 6.07 Å². The van der Waals surface area contributed by atoms with Crippen LogP contribution in [0.4, 0.5) is 5.69 Å². The Balaban J connectivity index is -0.0000000540. The fourth-order valence-electron chi connectivity index (χ4n) is 0.771. The number of hydrogen-bond donors (Lipinski definition) is 1. The average Bonchev–Trinajstić information content (AvgIpc) is 1.90. The van der Waals surface area contributed by atoms with E-state index in [0.29, 0.717) is 0 Å². The molecule has 0 aliphatic rings. The standard InChI is InChI=1S/C8H11N.4O.Re/c1-9(2)8-6-4-3-5-7-8;;;;;/h3-7H,1-2H3;;;;;/q;4*-2;/p+1. The monoisotopic (exact) mass is 373 g/mol. The van der Waals surface area contributed by atoms with Crippen molar-refractivity contribution in [1.29, 1.82) is 0 Å². The Morgan fingerprint density at radius 2 is 1.14 bits per heavy atom. The summed E-state index contributed by atoms with van der Waals surface area (Å²) in [7, 11) is 4.24. The van der Waals surface area contributed by atoms with Crippen molar-refractivity contribution in [3.8, 4) is 0 Å². The Bertz CT molecular complexity index is 184. The molecule has 0 fully saturated rings. The minimum atomic E-state index is 0. The minimum Gasteiger partial charge on any atom is -2.00 e. The molecule has 0 aliphatic carbocycles. The summed E-state index contributed by atoms with van der Waals surface area (Å²) in [5, 5.41) is 0. The average molecular weight is 372 g/mol. The van der Waals surface area contributed by atoms with Gasteiger partial charge in [-0.15, -0.1) is 0 Å². The van der Waals surface area contributed by atoms with Crippen molar-refractivity contribution in [2.45, 2.75) is 0 Å². The summed E-state index contributed by atoms with van der Waals surface area (Å²) >= 11 is 0. The van der Waals surface area contributed by atoms with E-state index in [0.717, 1.165) is 0 Å². The summed E-state index contributed by atoms with van der Waals surface area (Å²) in [6.45, 7) is 0. The summed E-state index contributed by atoms with van der Waals surface area (Å²) in [6, 6.07) is 10.4. The first-order chi connectivity index (χ1) is 4.30. The van der Waals surface area contributed by atoms with Gasteiger partial charge in [0, 0.05) is 20.4 Å². The van der Waals surface area contributed by atoms with Crippen LogP contribution in [0.3, 0.4) is 0 Å². The molecule has 0 aliphatic heterocycles. The number of quaternary nitrogens is 1. The Hall–Kier alpha value is -0.318. The Kier molecular flexibility index (Phi) is 31.6. The van der Waals surface area contributed by atoms with Gasteiger partial charge in [-0.2, -0.15) is 0 Å². The summed E-state index contributed by atoms with van der Waals surface area (Å²) in [5.74, 6) is 0. The fourth-order valence-corrected chi connectivity index (χ4v) is 0.771.